The van der Waals surface area contributed by atoms with Crippen LogP contribution in [0.3, 0.4) is 0 Å². The molecule has 33 heavy (non-hydrogen) atoms. The first-order valence-corrected chi connectivity index (χ1v) is 12.0. The Morgan fingerprint density at radius 1 is 1.24 bits per heavy atom. The predicted molar refractivity (Wildman–Crippen MR) is 143 cm³/mol. The number of aryl methyl sites for hydroxylation is 1. The Labute approximate surface area is 216 Å². The number of likely N-dealkylation sites (tertiary alicyclic amines) is 1. The van der Waals surface area contributed by atoms with Gasteiger partial charge in [-0.25, -0.2) is 9.79 Å². The van der Waals surface area contributed by atoms with E-state index in [9.17, 15) is 4.79 Å². The summed E-state index contributed by atoms with van der Waals surface area (Å²) in [6, 6.07) is 0. The topological polar surface area (TPSA) is 87.9 Å². The minimum atomic E-state index is -0.468. The lowest BCUT2D eigenvalue weighted by Gasteiger charge is -2.36. The number of aromatic nitrogens is 3. The molecular weight excluding hydrogens is 533 g/mol. The molecule has 2 rings (SSSR count). The zero-order valence-electron chi connectivity index (χ0n) is 21.6. The fourth-order valence-corrected chi connectivity index (χ4v) is 3.68. The molecule has 1 aliphatic heterocycles. The number of nitrogens with zero attached hydrogens (tertiary/aromatic N) is 6. The van der Waals surface area contributed by atoms with Crippen molar-refractivity contribution in [2.24, 2.45) is 18.0 Å². The molecule has 10 heteroatoms. The van der Waals surface area contributed by atoms with E-state index in [1.807, 2.05) is 51.1 Å². The molecular formula is C23H44IN7O2. The summed E-state index contributed by atoms with van der Waals surface area (Å²) in [6.07, 6.45) is 4.08. The molecule has 0 radical (unpaired) electrons. The zero-order valence-corrected chi connectivity index (χ0v) is 23.9. The number of hydrogen-bond donors (Lipinski definition) is 1. The van der Waals surface area contributed by atoms with Gasteiger partial charge in [0.2, 0.25) is 0 Å². The van der Waals surface area contributed by atoms with Crippen molar-refractivity contribution in [1.82, 2.24) is 29.9 Å². The van der Waals surface area contributed by atoms with E-state index in [1.54, 1.807) is 0 Å². The number of carbonyl (C=O) groups is 1. The Morgan fingerprint density at radius 3 is 2.42 bits per heavy atom. The fourth-order valence-electron chi connectivity index (χ4n) is 3.68. The van der Waals surface area contributed by atoms with Crippen LogP contribution in [0.5, 0.6) is 0 Å². The van der Waals surface area contributed by atoms with Crippen molar-refractivity contribution in [3.8, 4) is 0 Å². The number of rotatable bonds is 8. The van der Waals surface area contributed by atoms with Crippen LogP contribution in [0.15, 0.2) is 4.99 Å². The second-order valence-corrected chi connectivity index (χ2v) is 9.59. The van der Waals surface area contributed by atoms with Crippen LogP contribution in [0.2, 0.25) is 0 Å². The highest BCUT2D eigenvalue weighted by molar-refractivity contribution is 14.0. The van der Waals surface area contributed by atoms with Gasteiger partial charge in [0.05, 0.1) is 0 Å². The summed E-state index contributed by atoms with van der Waals surface area (Å²) in [6.45, 7) is 16.5. The van der Waals surface area contributed by atoms with Gasteiger partial charge in [0, 0.05) is 39.8 Å². The SMILES string of the molecule is CCCCNC(=NCc1nnc(C)n1C)N1CCC(CN(CC)C(=O)OC(C)(C)C)CC1.I. The number of halogens is 1. The van der Waals surface area contributed by atoms with Gasteiger partial charge in [-0.15, -0.1) is 34.2 Å². The highest BCUT2D eigenvalue weighted by Gasteiger charge is 2.27. The van der Waals surface area contributed by atoms with Crippen LogP contribution >= 0.6 is 24.0 Å². The molecule has 0 unspecified atom stereocenters. The molecule has 9 nitrogen and oxygen atoms in total. The van der Waals surface area contributed by atoms with E-state index in [-0.39, 0.29) is 30.1 Å². The minimum Gasteiger partial charge on any atom is -0.444 e. The van der Waals surface area contributed by atoms with Gasteiger partial charge in [-0.05, 0) is 59.8 Å². The van der Waals surface area contributed by atoms with Gasteiger partial charge in [0.15, 0.2) is 11.8 Å². The van der Waals surface area contributed by atoms with Crippen LogP contribution < -0.4 is 5.32 Å². The van der Waals surface area contributed by atoms with E-state index in [1.165, 1.54) is 0 Å². The highest BCUT2D eigenvalue weighted by Crippen LogP contribution is 2.20. The van der Waals surface area contributed by atoms with Crippen molar-refractivity contribution in [2.75, 3.05) is 32.7 Å². The molecule has 1 aromatic rings. The lowest BCUT2D eigenvalue weighted by atomic mass is 9.96. The molecule has 1 aliphatic rings. The number of carbonyl (C=O) groups excluding carboxylic acids is 1. The van der Waals surface area contributed by atoms with Gasteiger partial charge in [-0.1, -0.05) is 13.3 Å². The lowest BCUT2D eigenvalue weighted by Crippen LogP contribution is -2.48. The van der Waals surface area contributed by atoms with Crippen molar-refractivity contribution in [3.63, 3.8) is 0 Å². The molecule has 0 bridgehead atoms. The number of nitrogens with one attached hydrogen (secondary N) is 1. The van der Waals surface area contributed by atoms with Crippen molar-refractivity contribution >= 4 is 36.0 Å². The first-order valence-electron chi connectivity index (χ1n) is 12.0. The van der Waals surface area contributed by atoms with E-state index in [2.05, 4.69) is 27.3 Å². The van der Waals surface area contributed by atoms with Crippen molar-refractivity contribution in [3.05, 3.63) is 11.6 Å². The van der Waals surface area contributed by atoms with Gasteiger partial charge in [0.25, 0.3) is 0 Å². The molecule has 1 amide bonds. The van der Waals surface area contributed by atoms with Gasteiger partial charge in [0.1, 0.15) is 18.0 Å². The van der Waals surface area contributed by atoms with Gasteiger partial charge < -0.3 is 24.4 Å². The maximum absolute atomic E-state index is 12.5. The second kappa shape index (κ2) is 14.0. The molecule has 1 saturated heterocycles. The van der Waals surface area contributed by atoms with E-state index >= 15 is 0 Å². The smallest absolute Gasteiger partial charge is 0.410 e. The number of ether oxygens (including phenoxy) is 1. The summed E-state index contributed by atoms with van der Waals surface area (Å²) in [5, 5.41) is 11.9. The molecule has 1 aromatic heterocycles. The number of aliphatic imine (C=N–C) groups is 1. The molecule has 0 aromatic carbocycles. The molecule has 0 saturated carbocycles. The number of hydrogen-bond acceptors (Lipinski definition) is 5. The first kappa shape index (κ1) is 29.4. The van der Waals surface area contributed by atoms with E-state index in [4.69, 9.17) is 9.73 Å². The molecule has 0 aliphatic carbocycles. The molecule has 0 spiro atoms. The maximum Gasteiger partial charge on any atom is 0.410 e. The monoisotopic (exact) mass is 577 g/mol. The highest BCUT2D eigenvalue weighted by atomic mass is 127. The quantitative estimate of drug-likeness (QED) is 0.218. The summed E-state index contributed by atoms with van der Waals surface area (Å²) >= 11 is 0. The van der Waals surface area contributed by atoms with Crippen LogP contribution in [-0.4, -0.2) is 74.9 Å². The van der Waals surface area contributed by atoms with Crippen molar-refractivity contribution in [1.29, 1.82) is 0 Å². The van der Waals surface area contributed by atoms with Crippen LogP contribution in [0, 0.1) is 12.8 Å². The molecule has 0 atom stereocenters. The minimum absolute atomic E-state index is 0. The third-order valence-corrected chi connectivity index (χ3v) is 5.79. The van der Waals surface area contributed by atoms with Crippen LogP contribution in [0.4, 0.5) is 4.79 Å². The van der Waals surface area contributed by atoms with Gasteiger partial charge >= 0.3 is 6.09 Å². The van der Waals surface area contributed by atoms with Crippen LogP contribution in [0.1, 0.15) is 72.0 Å². The Kier molecular flexibility index (Phi) is 12.5. The third-order valence-electron chi connectivity index (χ3n) is 5.79. The van der Waals surface area contributed by atoms with Crippen LogP contribution in [0.25, 0.3) is 0 Å². The molecule has 190 valence electrons. The lowest BCUT2D eigenvalue weighted by molar-refractivity contribution is 0.0214. The summed E-state index contributed by atoms with van der Waals surface area (Å²) in [7, 11) is 1.97. The Balaban J connectivity index is 0.00000544. The maximum atomic E-state index is 12.5. The Bertz CT molecular complexity index is 752. The average Bonchev–Trinajstić information content (AvgIpc) is 3.06. The predicted octanol–water partition coefficient (Wildman–Crippen LogP) is 3.96. The number of guanidine groups is 1. The Morgan fingerprint density at radius 2 is 1.91 bits per heavy atom. The number of unbranched alkanes of at least 4 members (excludes halogenated alkanes) is 1. The molecule has 1 fully saturated rings. The van der Waals surface area contributed by atoms with Gasteiger partial charge in [-0.2, -0.15) is 0 Å². The Hall–Kier alpha value is -1.59. The molecule has 2 heterocycles. The number of piperidine rings is 1. The number of amides is 1. The van der Waals surface area contributed by atoms with Crippen molar-refractivity contribution in [2.45, 2.75) is 79.4 Å². The zero-order chi connectivity index (χ0) is 23.7. The van der Waals surface area contributed by atoms with Gasteiger partial charge in [-0.3, -0.25) is 0 Å². The van der Waals surface area contributed by atoms with E-state index < -0.39 is 5.60 Å². The average molecular weight is 578 g/mol. The van der Waals surface area contributed by atoms with Crippen LogP contribution in [-0.2, 0) is 18.3 Å². The normalized spacial score (nSPS) is 15.2. The van der Waals surface area contributed by atoms with E-state index in [0.29, 0.717) is 19.0 Å². The summed E-state index contributed by atoms with van der Waals surface area (Å²) in [4.78, 5) is 21.5. The largest absolute Gasteiger partial charge is 0.444 e. The first-order chi connectivity index (χ1) is 15.1. The third kappa shape index (κ3) is 9.66. The standard InChI is InChI=1S/C23H43N7O2.HI/c1-8-10-13-24-21(25-16-20-27-26-18(3)28(20)7)30-14-11-19(12-15-30)17-29(9-2)22(31)32-23(4,5)6;/h19H,8-17H2,1-7H3,(H,24,25);1H. The summed E-state index contributed by atoms with van der Waals surface area (Å²) in [5.74, 6) is 3.17. The fraction of sp³-hybridized carbons (Fsp3) is 0.826. The summed E-state index contributed by atoms with van der Waals surface area (Å²) in [5.41, 5.74) is -0.468. The second-order valence-electron chi connectivity index (χ2n) is 9.59. The van der Waals surface area contributed by atoms with Crippen molar-refractivity contribution < 1.29 is 9.53 Å². The molecule has 1 N–H and O–H groups in total. The summed E-state index contributed by atoms with van der Waals surface area (Å²) < 4.78 is 7.55. The van der Waals surface area contributed by atoms with E-state index in [0.717, 1.165) is 69.5 Å².